The number of methoxy groups -OCH3 is 1. The third kappa shape index (κ3) is 9.79. The van der Waals surface area contributed by atoms with E-state index in [-0.39, 0.29) is 43.8 Å². The molecule has 8 nitrogen and oxygen atoms in total. The normalized spacial score (nSPS) is 12.0. The number of hydrogen-bond donors (Lipinski definition) is 1. The molecule has 0 aromatic heterocycles. The van der Waals surface area contributed by atoms with Crippen LogP contribution in [0.1, 0.15) is 37.8 Å². The molecule has 3 aromatic rings. The lowest BCUT2D eigenvalue weighted by Gasteiger charge is -2.32. The minimum Gasteiger partial charge on any atom is -0.497 e. The molecule has 3 rings (SSSR count). The first-order chi connectivity index (χ1) is 19.5. The van der Waals surface area contributed by atoms with Crippen LogP contribution in [0, 0.1) is 0 Å². The van der Waals surface area contributed by atoms with Crippen LogP contribution in [-0.4, -0.2) is 57.1 Å². The van der Waals surface area contributed by atoms with E-state index in [2.05, 4.69) is 5.32 Å². The zero-order valence-electron chi connectivity index (χ0n) is 23.9. The minimum atomic E-state index is -3.60. The maximum Gasteiger partial charge on any atom is 0.243 e. The molecule has 0 fully saturated rings. The average Bonchev–Trinajstić information content (AvgIpc) is 2.92. The van der Waals surface area contributed by atoms with Crippen molar-refractivity contribution < 1.29 is 22.7 Å². The van der Waals surface area contributed by atoms with Gasteiger partial charge in [0.2, 0.25) is 21.8 Å². The predicted octanol–water partition coefficient (Wildman–Crippen LogP) is 5.06. The molecule has 1 N–H and O–H groups in total. The summed E-state index contributed by atoms with van der Waals surface area (Å²) in [6.07, 6.45) is 1.76. The second kappa shape index (κ2) is 14.9. The smallest absolute Gasteiger partial charge is 0.243 e. The quantitative estimate of drug-likeness (QED) is 0.279. The van der Waals surface area contributed by atoms with Crippen molar-refractivity contribution in [2.45, 2.75) is 51.7 Å². The summed E-state index contributed by atoms with van der Waals surface area (Å²) in [4.78, 5) is 28.9. The van der Waals surface area contributed by atoms with E-state index in [4.69, 9.17) is 16.3 Å². The molecule has 0 radical (unpaired) electrons. The van der Waals surface area contributed by atoms with E-state index >= 15 is 0 Å². The second-order valence-electron chi connectivity index (χ2n) is 10.2. The van der Waals surface area contributed by atoms with E-state index < -0.39 is 16.1 Å². The van der Waals surface area contributed by atoms with Gasteiger partial charge >= 0.3 is 0 Å². The third-order valence-electron chi connectivity index (χ3n) is 6.46. The van der Waals surface area contributed by atoms with E-state index in [1.165, 1.54) is 11.4 Å². The molecular formula is C31H38ClN3O5S. The van der Waals surface area contributed by atoms with E-state index in [1.54, 1.807) is 47.4 Å². The summed E-state index contributed by atoms with van der Waals surface area (Å²) in [6.45, 7) is 4.03. The Morgan fingerprint density at radius 3 is 2.20 bits per heavy atom. The van der Waals surface area contributed by atoms with Gasteiger partial charge in [0.05, 0.1) is 19.1 Å². The first-order valence-corrected chi connectivity index (χ1v) is 15.7. The number of carbonyl (C=O) groups excluding carboxylic acids is 2. The zero-order valence-corrected chi connectivity index (χ0v) is 25.5. The van der Waals surface area contributed by atoms with Crippen molar-refractivity contribution in [3.8, 4) is 5.75 Å². The van der Waals surface area contributed by atoms with Gasteiger partial charge in [0.25, 0.3) is 0 Å². The fourth-order valence-corrected chi connectivity index (χ4v) is 5.70. The molecule has 0 unspecified atom stereocenters. The number of halogens is 1. The summed E-state index contributed by atoms with van der Waals surface area (Å²) >= 11 is 6.23. The van der Waals surface area contributed by atoms with Gasteiger partial charge in [0, 0.05) is 37.0 Å². The molecule has 0 aliphatic heterocycles. The highest BCUT2D eigenvalue weighted by atomic mass is 35.5. The van der Waals surface area contributed by atoms with Gasteiger partial charge in [-0.05, 0) is 67.8 Å². The van der Waals surface area contributed by atoms with Crippen molar-refractivity contribution in [2.75, 3.05) is 24.2 Å². The maximum absolute atomic E-state index is 13.8. The number of nitrogens with one attached hydrogen (secondary N) is 1. The van der Waals surface area contributed by atoms with Crippen LogP contribution in [0.15, 0.2) is 78.9 Å². The van der Waals surface area contributed by atoms with Crippen LogP contribution in [0.4, 0.5) is 5.69 Å². The Labute approximate surface area is 248 Å². The van der Waals surface area contributed by atoms with Gasteiger partial charge in [-0.3, -0.25) is 13.9 Å². The number of amides is 2. The van der Waals surface area contributed by atoms with Crippen molar-refractivity contribution in [3.05, 3.63) is 95.0 Å². The number of benzene rings is 3. The van der Waals surface area contributed by atoms with Crippen LogP contribution in [0.3, 0.4) is 0 Å². The molecule has 0 saturated heterocycles. The Bertz CT molecular complexity index is 1400. The van der Waals surface area contributed by atoms with Crippen LogP contribution >= 0.6 is 11.6 Å². The Balaban J connectivity index is 1.87. The van der Waals surface area contributed by atoms with Crippen LogP contribution in [0.5, 0.6) is 5.75 Å². The lowest BCUT2D eigenvalue weighted by Crippen LogP contribution is -2.51. The Morgan fingerprint density at radius 2 is 1.61 bits per heavy atom. The Hall–Kier alpha value is -3.56. The van der Waals surface area contributed by atoms with Gasteiger partial charge < -0.3 is 15.0 Å². The molecular weight excluding hydrogens is 562 g/mol. The molecule has 0 spiro atoms. The first kappa shape index (κ1) is 32.0. The number of nitrogens with zero attached hydrogens (tertiary/aromatic N) is 2. The molecule has 41 heavy (non-hydrogen) atoms. The summed E-state index contributed by atoms with van der Waals surface area (Å²) in [5.74, 6) is 0.0985. The number of hydrogen-bond acceptors (Lipinski definition) is 5. The lowest BCUT2D eigenvalue weighted by atomic mass is 10.0. The molecule has 10 heteroatoms. The van der Waals surface area contributed by atoms with Gasteiger partial charge in [-0.2, -0.15) is 0 Å². The number of anilines is 1. The zero-order chi connectivity index (χ0) is 30.0. The van der Waals surface area contributed by atoms with E-state index in [1.807, 2.05) is 50.2 Å². The van der Waals surface area contributed by atoms with Crippen molar-refractivity contribution in [3.63, 3.8) is 0 Å². The molecule has 2 amide bonds. The van der Waals surface area contributed by atoms with Gasteiger partial charge in [0.15, 0.2) is 0 Å². The first-order valence-electron chi connectivity index (χ1n) is 13.5. The van der Waals surface area contributed by atoms with Crippen molar-refractivity contribution in [1.29, 1.82) is 0 Å². The molecule has 0 saturated carbocycles. The van der Waals surface area contributed by atoms with Gasteiger partial charge in [-0.25, -0.2) is 8.42 Å². The highest BCUT2D eigenvalue weighted by Gasteiger charge is 2.31. The summed E-state index contributed by atoms with van der Waals surface area (Å²) in [5, 5.41) is 3.50. The van der Waals surface area contributed by atoms with Crippen LogP contribution in [-0.2, 0) is 32.6 Å². The van der Waals surface area contributed by atoms with Crippen molar-refractivity contribution in [2.24, 2.45) is 0 Å². The average molecular weight is 600 g/mol. The Morgan fingerprint density at radius 1 is 0.951 bits per heavy atom. The summed E-state index contributed by atoms with van der Waals surface area (Å²) in [6, 6.07) is 22.6. The number of sulfonamides is 1. The number of carbonyl (C=O) groups is 2. The van der Waals surface area contributed by atoms with Crippen LogP contribution in [0.25, 0.3) is 0 Å². The Kier molecular flexibility index (Phi) is 11.6. The topological polar surface area (TPSA) is 96.0 Å². The van der Waals surface area contributed by atoms with Crippen LogP contribution in [0.2, 0.25) is 5.02 Å². The molecule has 0 heterocycles. The highest BCUT2D eigenvalue weighted by molar-refractivity contribution is 7.92. The van der Waals surface area contributed by atoms with Gasteiger partial charge in [-0.1, -0.05) is 54.1 Å². The third-order valence-corrected chi connectivity index (χ3v) is 7.89. The fraction of sp³-hybridized carbons (Fsp3) is 0.355. The van der Waals surface area contributed by atoms with E-state index in [0.717, 1.165) is 17.4 Å². The number of rotatable bonds is 14. The van der Waals surface area contributed by atoms with E-state index in [9.17, 15) is 18.0 Å². The molecule has 0 aliphatic rings. The predicted molar refractivity (Wildman–Crippen MR) is 164 cm³/mol. The molecule has 3 aromatic carbocycles. The largest absolute Gasteiger partial charge is 0.497 e. The van der Waals surface area contributed by atoms with E-state index in [0.29, 0.717) is 22.9 Å². The van der Waals surface area contributed by atoms with Gasteiger partial charge in [-0.15, -0.1) is 0 Å². The molecule has 220 valence electrons. The summed E-state index contributed by atoms with van der Waals surface area (Å²) in [5.41, 5.74) is 2.19. The lowest BCUT2D eigenvalue weighted by molar-refractivity contribution is -0.141. The van der Waals surface area contributed by atoms with Gasteiger partial charge in [0.1, 0.15) is 11.8 Å². The SMILES string of the molecule is COc1ccc(N(CCCC(=O)N(Cc2cccc(Cl)c2)[C@@H](Cc2ccccc2)C(=O)NC(C)C)S(C)(=O)=O)cc1. The second-order valence-corrected chi connectivity index (χ2v) is 12.5. The standard InChI is InChI=1S/C31H38ClN3O5S/c1-23(2)33-31(37)29(21-24-10-6-5-7-11-24)34(22-25-12-8-13-26(32)20-25)30(36)14-9-19-35(41(4,38)39)27-15-17-28(40-3)18-16-27/h5-8,10-13,15-18,20,23,29H,9,14,19,21-22H2,1-4H3,(H,33,37)/t29-/m0/s1. The van der Waals surface area contributed by atoms with Crippen molar-refractivity contribution >= 4 is 39.1 Å². The van der Waals surface area contributed by atoms with Crippen LogP contribution < -0.4 is 14.4 Å². The molecule has 0 aliphatic carbocycles. The number of ether oxygens (including phenoxy) is 1. The maximum atomic E-state index is 13.8. The summed E-state index contributed by atoms with van der Waals surface area (Å²) in [7, 11) is -2.07. The summed E-state index contributed by atoms with van der Waals surface area (Å²) < 4.78 is 31.7. The minimum absolute atomic E-state index is 0.0446. The molecule has 1 atom stereocenters. The molecule has 0 bridgehead atoms. The monoisotopic (exact) mass is 599 g/mol. The highest BCUT2D eigenvalue weighted by Crippen LogP contribution is 2.23. The fourth-order valence-electron chi connectivity index (χ4n) is 4.52. The van der Waals surface area contributed by atoms with Crippen molar-refractivity contribution in [1.82, 2.24) is 10.2 Å².